The predicted octanol–water partition coefficient (Wildman–Crippen LogP) is 1.91. The number of aromatic nitrogens is 3. The Morgan fingerprint density at radius 1 is 1.33 bits per heavy atom. The Bertz CT molecular complexity index is 731. The Morgan fingerprint density at radius 3 is 2.67 bits per heavy atom. The van der Waals surface area contributed by atoms with E-state index in [0.29, 0.717) is 25.9 Å². The molecule has 7 nitrogen and oxygen atoms in total. The number of carboxylic acid groups (broad SMARTS) is 1. The van der Waals surface area contributed by atoms with Crippen LogP contribution in [0.1, 0.15) is 45.4 Å². The van der Waals surface area contributed by atoms with Gasteiger partial charge in [0.2, 0.25) is 5.91 Å². The third-order valence-electron chi connectivity index (χ3n) is 4.32. The zero-order chi connectivity index (χ0) is 17.1. The molecule has 0 unspecified atom stereocenters. The van der Waals surface area contributed by atoms with E-state index in [9.17, 15) is 9.59 Å². The molecule has 24 heavy (non-hydrogen) atoms. The normalized spacial score (nSPS) is 15.6. The van der Waals surface area contributed by atoms with Gasteiger partial charge in [-0.3, -0.25) is 9.48 Å². The van der Waals surface area contributed by atoms with E-state index in [1.54, 1.807) is 10.9 Å². The van der Waals surface area contributed by atoms with Crippen molar-refractivity contribution < 1.29 is 14.7 Å². The van der Waals surface area contributed by atoms with Crippen LogP contribution in [-0.4, -0.2) is 49.7 Å². The molecule has 1 saturated heterocycles. The summed E-state index contributed by atoms with van der Waals surface area (Å²) in [5, 5.41) is 14.0. The summed E-state index contributed by atoms with van der Waals surface area (Å²) in [5.74, 6) is -0.505. The van der Waals surface area contributed by atoms with Crippen LogP contribution in [-0.2, 0) is 18.3 Å². The number of hydrogen-bond acceptors (Lipinski definition) is 5. The van der Waals surface area contributed by atoms with E-state index >= 15 is 0 Å². The highest BCUT2D eigenvalue weighted by atomic mass is 32.1. The molecule has 0 spiro atoms. The Hall–Kier alpha value is -2.22. The van der Waals surface area contributed by atoms with Gasteiger partial charge < -0.3 is 10.0 Å². The van der Waals surface area contributed by atoms with Crippen molar-refractivity contribution in [1.82, 2.24) is 19.7 Å². The topological polar surface area (TPSA) is 88.3 Å². The molecule has 3 heterocycles. The number of likely N-dealkylation sites (tertiary alicyclic amines) is 1. The zero-order valence-corrected chi connectivity index (χ0v) is 14.3. The Labute approximate surface area is 143 Å². The van der Waals surface area contributed by atoms with Crippen molar-refractivity contribution in [2.45, 2.75) is 31.6 Å². The average molecular weight is 348 g/mol. The molecule has 0 bridgehead atoms. The number of piperidine rings is 1. The molecule has 0 atom stereocenters. The van der Waals surface area contributed by atoms with Crippen LogP contribution in [0.15, 0.2) is 18.6 Å². The molecule has 2 aromatic heterocycles. The van der Waals surface area contributed by atoms with Crippen LogP contribution in [0.3, 0.4) is 0 Å². The van der Waals surface area contributed by atoms with Gasteiger partial charge in [0.25, 0.3) is 0 Å². The van der Waals surface area contributed by atoms with Gasteiger partial charge in [-0.1, -0.05) is 0 Å². The fourth-order valence-electron chi connectivity index (χ4n) is 2.96. The number of carboxylic acids is 1. The molecule has 2 aromatic rings. The van der Waals surface area contributed by atoms with E-state index in [-0.39, 0.29) is 16.7 Å². The second-order valence-corrected chi connectivity index (χ2v) is 7.11. The first-order chi connectivity index (χ1) is 11.5. The molecule has 1 aliphatic heterocycles. The summed E-state index contributed by atoms with van der Waals surface area (Å²) in [6, 6.07) is 0. The highest BCUT2D eigenvalue weighted by molar-refractivity contribution is 7.13. The molecule has 128 valence electrons. The van der Waals surface area contributed by atoms with Crippen LogP contribution >= 0.6 is 11.3 Å². The van der Waals surface area contributed by atoms with Gasteiger partial charge in [-0.2, -0.15) is 5.10 Å². The summed E-state index contributed by atoms with van der Waals surface area (Å²) in [5.41, 5.74) is 1.07. The first-order valence-corrected chi connectivity index (χ1v) is 8.79. The van der Waals surface area contributed by atoms with E-state index in [1.807, 2.05) is 18.1 Å². The number of aryl methyl sites for hydroxylation is 2. The standard InChI is InChI=1S/C16H20N4O3S/c1-19-10-11(8-18-19)2-3-14(21)20-6-4-12(5-7-20)15-17-9-13(24-15)16(22)23/h8-10,12H,2-7H2,1H3,(H,22,23). The molecule has 1 amide bonds. The molecule has 1 N–H and O–H groups in total. The molecule has 0 aliphatic carbocycles. The lowest BCUT2D eigenvalue weighted by atomic mass is 9.97. The average Bonchev–Trinajstić information content (AvgIpc) is 3.22. The predicted molar refractivity (Wildman–Crippen MR) is 89.2 cm³/mol. The van der Waals surface area contributed by atoms with Crippen LogP contribution in [0.5, 0.6) is 0 Å². The minimum Gasteiger partial charge on any atom is -0.477 e. The fourth-order valence-corrected chi connectivity index (χ4v) is 3.89. The molecule has 0 radical (unpaired) electrons. The van der Waals surface area contributed by atoms with Crippen molar-refractivity contribution in [2.24, 2.45) is 7.05 Å². The second kappa shape index (κ2) is 7.12. The maximum absolute atomic E-state index is 12.3. The smallest absolute Gasteiger partial charge is 0.347 e. The van der Waals surface area contributed by atoms with Gasteiger partial charge in [0.1, 0.15) is 4.88 Å². The number of carbonyl (C=O) groups is 2. The Morgan fingerprint density at radius 2 is 2.08 bits per heavy atom. The van der Waals surface area contributed by atoms with Gasteiger partial charge in [-0.25, -0.2) is 9.78 Å². The maximum Gasteiger partial charge on any atom is 0.347 e. The highest BCUT2D eigenvalue weighted by Gasteiger charge is 2.26. The van der Waals surface area contributed by atoms with E-state index in [0.717, 1.165) is 23.4 Å². The van der Waals surface area contributed by atoms with Gasteiger partial charge in [0, 0.05) is 38.7 Å². The van der Waals surface area contributed by atoms with Crippen LogP contribution < -0.4 is 0 Å². The number of hydrogen-bond donors (Lipinski definition) is 1. The number of rotatable bonds is 5. The van der Waals surface area contributed by atoms with Gasteiger partial charge >= 0.3 is 5.97 Å². The Kier molecular flexibility index (Phi) is 4.94. The molecule has 8 heteroatoms. The SMILES string of the molecule is Cn1cc(CCC(=O)N2CCC(c3ncc(C(=O)O)s3)CC2)cn1. The number of aromatic carboxylic acids is 1. The summed E-state index contributed by atoms with van der Waals surface area (Å²) in [6.45, 7) is 1.41. The Balaban J connectivity index is 1.48. The lowest BCUT2D eigenvalue weighted by Crippen LogP contribution is -2.38. The first kappa shape index (κ1) is 16.6. The molecule has 0 aromatic carbocycles. The fraction of sp³-hybridized carbons (Fsp3) is 0.500. The lowest BCUT2D eigenvalue weighted by Gasteiger charge is -2.31. The third kappa shape index (κ3) is 3.81. The largest absolute Gasteiger partial charge is 0.477 e. The summed E-state index contributed by atoms with van der Waals surface area (Å²) in [6.07, 6.45) is 8.03. The van der Waals surface area contributed by atoms with Crippen molar-refractivity contribution in [3.05, 3.63) is 34.0 Å². The van der Waals surface area contributed by atoms with Crippen LogP contribution in [0.4, 0.5) is 0 Å². The molecule has 3 rings (SSSR count). The highest BCUT2D eigenvalue weighted by Crippen LogP contribution is 2.31. The van der Waals surface area contributed by atoms with Crippen molar-refractivity contribution >= 4 is 23.2 Å². The van der Waals surface area contributed by atoms with Crippen molar-refractivity contribution in [3.8, 4) is 0 Å². The van der Waals surface area contributed by atoms with Gasteiger partial charge in [-0.05, 0) is 24.8 Å². The van der Waals surface area contributed by atoms with Crippen molar-refractivity contribution in [2.75, 3.05) is 13.1 Å². The monoisotopic (exact) mass is 348 g/mol. The molecule has 1 fully saturated rings. The lowest BCUT2D eigenvalue weighted by molar-refractivity contribution is -0.132. The van der Waals surface area contributed by atoms with Gasteiger partial charge in [-0.15, -0.1) is 11.3 Å². The summed E-state index contributed by atoms with van der Waals surface area (Å²) in [4.78, 5) is 29.7. The number of carbonyl (C=O) groups excluding carboxylic acids is 1. The van der Waals surface area contributed by atoms with Crippen molar-refractivity contribution in [3.63, 3.8) is 0 Å². The second-order valence-electron chi connectivity index (χ2n) is 6.05. The quantitative estimate of drug-likeness (QED) is 0.892. The van der Waals surface area contributed by atoms with Crippen molar-refractivity contribution in [1.29, 1.82) is 0 Å². The van der Waals surface area contributed by atoms with Gasteiger partial charge in [0.15, 0.2) is 0 Å². The summed E-state index contributed by atoms with van der Waals surface area (Å²) in [7, 11) is 1.87. The minimum absolute atomic E-state index is 0.169. The molecular formula is C16H20N4O3S. The van der Waals surface area contributed by atoms with E-state index in [4.69, 9.17) is 5.11 Å². The number of nitrogens with zero attached hydrogens (tertiary/aromatic N) is 4. The van der Waals surface area contributed by atoms with E-state index in [1.165, 1.54) is 17.5 Å². The number of amides is 1. The van der Waals surface area contributed by atoms with E-state index in [2.05, 4.69) is 10.1 Å². The molecule has 1 aliphatic rings. The summed E-state index contributed by atoms with van der Waals surface area (Å²) < 4.78 is 1.74. The van der Waals surface area contributed by atoms with E-state index < -0.39 is 5.97 Å². The maximum atomic E-state index is 12.3. The number of thiazole rings is 1. The van der Waals surface area contributed by atoms with Crippen LogP contribution in [0.2, 0.25) is 0 Å². The minimum atomic E-state index is -0.929. The molecular weight excluding hydrogens is 328 g/mol. The first-order valence-electron chi connectivity index (χ1n) is 7.97. The van der Waals surface area contributed by atoms with Crippen LogP contribution in [0, 0.1) is 0 Å². The zero-order valence-electron chi connectivity index (χ0n) is 13.5. The third-order valence-corrected chi connectivity index (χ3v) is 5.46. The van der Waals surface area contributed by atoms with Gasteiger partial charge in [0.05, 0.1) is 17.4 Å². The molecule has 0 saturated carbocycles. The summed E-state index contributed by atoms with van der Waals surface area (Å²) >= 11 is 1.24. The van der Waals surface area contributed by atoms with Crippen LogP contribution in [0.25, 0.3) is 0 Å².